The highest BCUT2D eigenvalue weighted by molar-refractivity contribution is 6.09. The minimum Gasteiger partial charge on any atom is -0.488 e. The van der Waals surface area contributed by atoms with Crippen LogP contribution in [0.4, 0.5) is 0 Å². The van der Waals surface area contributed by atoms with Crippen LogP contribution in [-0.2, 0) is 26.1 Å². The first-order valence-electron chi connectivity index (χ1n) is 25.1. The van der Waals surface area contributed by atoms with Gasteiger partial charge in [-0.25, -0.2) is 0 Å². The van der Waals surface area contributed by atoms with Crippen LogP contribution in [0.25, 0.3) is 32.7 Å². The molecule has 2 nitrogen and oxygen atoms in total. The molecule has 2 aliphatic carbocycles. The smallest absolute Gasteiger partial charge is 0.128 e. The molecular weight excluding hydrogens is 753 g/mol. The molecule has 0 atom stereocenters. The van der Waals surface area contributed by atoms with Gasteiger partial charge < -0.3 is 9.47 Å². The zero-order valence-corrected chi connectivity index (χ0v) is 38.2. The Labute approximate surface area is 374 Å². The molecule has 0 amide bonds. The average molecular weight is 827 g/mol. The van der Waals surface area contributed by atoms with Gasteiger partial charge in [0, 0.05) is 11.1 Å². The number of hydrogen-bond donors (Lipinski definition) is 0. The summed E-state index contributed by atoms with van der Waals surface area (Å²) in [5.74, 6) is 5.70. The number of rotatable bonds is 21. The van der Waals surface area contributed by atoms with E-state index in [1.54, 1.807) is 0 Å². The molecular formula is C60H74O2. The molecule has 0 radical (unpaired) electrons. The molecule has 2 heteroatoms. The van der Waals surface area contributed by atoms with Gasteiger partial charge in [0.1, 0.15) is 24.7 Å². The largest absolute Gasteiger partial charge is 0.488 e. The third kappa shape index (κ3) is 11.9. The van der Waals surface area contributed by atoms with Crippen molar-refractivity contribution >= 4 is 21.5 Å². The van der Waals surface area contributed by atoms with E-state index in [4.69, 9.17) is 9.47 Å². The molecule has 2 saturated carbocycles. The van der Waals surface area contributed by atoms with Crippen molar-refractivity contribution in [2.24, 2.45) is 23.7 Å². The van der Waals surface area contributed by atoms with Gasteiger partial charge in [0.15, 0.2) is 0 Å². The van der Waals surface area contributed by atoms with Crippen LogP contribution in [0.1, 0.15) is 152 Å². The zero-order valence-electron chi connectivity index (χ0n) is 38.2. The lowest BCUT2D eigenvalue weighted by molar-refractivity contribution is 0.248. The van der Waals surface area contributed by atoms with Crippen molar-refractivity contribution < 1.29 is 9.47 Å². The Morgan fingerprint density at radius 3 is 1.11 bits per heavy atom. The summed E-state index contributed by atoms with van der Waals surface area (Å²) in [5, 5.41) is 4.72. The minimum atomic E-state index is 0.514. The molecule has 8 rings (SSSR count). The number of fused-ring (bicyclic) bond motifs is 2. The molecule has 0 heterocycles. The summed E-state index contributed by atoms with van der Waals surface area (Å²) in [7, 11) is 0. The van der Waals surface area contributed by atoms with Gasteiger partial charge in [0.25, 0.3) is 0 Å². The van der Waals surface area contributed by atoms with E-state index in [-0.39, 0.29) is 0 Å². The van der Waals surface area contributed by atoms with Crippen LogP contribution in [0, 0.1) is 23.7 Å². The SMILES string of the molecule is CCC[C@H]1CC[C@H](CCCCc2ccc(COc3ccc4ccccc4c3-c3c(OCc4ccc(CCCC[C@H]5CC[C@H](CCC)CC5)cc4)ccc4ccccc34)cc2)CC1. The predicted octanol–water partition coefficient (Wildman–Crippen LogP) is 17.5. The average Bonchev–Trinajstić information content (AvgIpc) is 3.32. The van der Waals surface area contributed by atoms with E-state index in [9.17, 15) is 0 Å². The first-order chi connectivity index (χ1) is 30.6. The summed E-state index contributed by atoms with van der Waals surface area (Å²) in [6.07, 6.45) is 27.7. The second-order valence-corrected chi connectivity index (χ2v) is 19.4. The molecule has 2 aliphatic rings. The monoisotopic (exact) mass is 827 g/mol. The van der Waals surface area contributed by atoms with Crippen LogP contribution in [0.2, 0.25) is 0 Å². The lowest BCUT2D eigenvalue weighted by atomic mass is 9.78. The lowest BCUT2D eigenvalue weighted by Gasteiger charge is -2.28. The molecule has 6 aromatic carbocycles. The molecule has 326 valence electrons. The van der Waals surface area contributed by atoms with Gasteiger partial charge in [-0.15, -0.1) is 0 Å². The highest BCUT2D eigenvalue weighted by Gasteiger charge is 2.22. The molecule has 6 aromatic rings. The van der Waals surface area contributed by atoms with Crippen molar-refractivity contribution in [2.45, 2.75) is 155 Å². The van der Waals surface area contributed by atoms with E-state index in [1.165, 1.54) is 159 Å². The number of aryl methyl sites for hydroxylation is 2. The van der Waals surface area contributed by atoms with Crippen LogP contribution in [0.5, 0.6) is 11.5 Å². The summed E-state index contributed by atoms with van der Waals surface area (Å²) in [6, 6.07) is 44.4. The van der Waals surface area contributed by atoms with Crippen LogP contribution in [0.15, 0.2) is 121 Å². The summed E-state index contributed by atoms with van der Waals surface area (Å²) in [4.78, 5) is 0. The van der Waals surface area contributed by atoms with Gasteiger partial charge in [0.2, 0.25) is 0 Å². The van der Waals surface area contributed by atoms with Gasteiger partial charge in [-0.05, 0) is 105 Å². The maximum absolute atomic E-state index is 6.83. The van der Waals surface area contributed by atoms with Gasteiger partial charge in [-0.3, -0.25) is 0 Å². The zero-order chi connectivity index (χ0) is 42.4. The summed E-state index contributed by atoms with van der Waals surface area (Å²) >= 11 is 0. The summed E-state index contributed by atoms with van der Waals surface area (Å²) in [6.45, 7) is 5.70. The standard InChI is InChI=1S/C60H74O2/c1-3-13-45-23-27-47(28-24-45)15-5-7-17-49-31-35-51(36-32-49)43-61-57-41-39-53-19-9-11-21-55(53)59(57)60-56-22-12-10-20-54(56)40-42-58(60)62-44-52-37-33-50(34-38-52)18-8-6-16-48-29-25-46(14-4-2)26-30-48/h9-12,19-22,31-42,45-48H,3-8,13-18,23-30,43-44H2,1-2H3/t45-,46-,47-,48-. The molecule has 0 aromatic heterocycles. The minimum absolute atomic E-state index is 0.514. The predicted molar refractivity (Wildman–Crippen MR) is 264 cm³/mol. The highest BCUT2D eigenvalue weighted by atomic mass is 16.5. The third-order valence-electron chi connectivity index (χ3n) is 14.8. The number of ether oxygens (including phenoxy) is 2. The van der Waals surface area contributed by atoms with E-state index in [0.717, 1.165) is 59.1 Å². The Morgan fingerprint density at radius 1 is 0.371 bits per heavy atom. The van der Waals surface area contributed by atoms with Gasteiger partial charge in [-0.2, -0.15) is 0 Å². The van der Waals surface area contributed by atoms with Gasteiger partial charge in [-0.1, -0.05) is 226 Å². The van der Waals surface area contributed by atoms with Gasteiger partial charge >= 0.3 is 0 Å². The fourth-order valence-corrected chi connectivity index (χ4v) is 11.1. The summed E-state index contributed by atoms with van der Waals surface area (Å²) in [5.41, 5.74) is 7.44. The quantitative estimate of drug-likeness (QED) is 0.0673. The second kappa shape index (κ2) is 22.7. The van der Waals surface area contributed by atoms with Crippen molar-refractivity contribution in [1.29, 1.82) is 0 Å². The fraction of sp³-hybridized carbons (Fsp3) is 0.467. The van der Waals surface area contributed by atoms with E-state index < -0.39 is 0 Å². The third-order valence-corrected chi connectivity index (χ3v) is 14.8. The lowest BCUT2D eigenvalue weighted by Crippen LogP contribution is -2.14. The molecule has 0 aliphatic heterocycles. The fourth-order valence-electron chi connectivity index (χ4n) is 11.1. The van der Waals surface area contributed by atoms with Gasteiger partial charge in [0.05, 0.1) is 0 Å². The molecule has 0 spiro atoms. The van der Waals surface area contributed by atoms with Crippen molar-refractivity contribution in [2.75, 3.05) is 0 Å². The van der Waals surface area contributed by atoms with E-state index >= 15 is 0 Å². The first-order valence-corrected chi connectivity index (χ1v) is 25.1. The van der Waals surface area contributed by atoms with E-state index in [2.05, 4.69) is 135 Å². The normalized spacial score (nSPS) is 19.2. The van der Waals surface area contributed by atoms with Crippen LogP contribution < -0.4 is 9.47 Å². The van der Waals surface area contributed by atoms with Crippen molar-refractivity contribution in [3.63, 3.8) is 0 Å². The number of unbranched alkanes of at least 4 members (excludes halogenated alkanes) is 2. The first kappa shape index (κ1) is 44.1. The molecule has 0 unspecified atom stereocenters. The Balaban J connectivity index is 0.906. The molecule has 0 bridgehead atoms. The van der Waals surface area contributed by atoms with Crippen molar-refractivity contribution in [3.05, 3.63) is 144 Å². The van der Waals surface area contributed by atoms with E-state index in [1.807, 2.05) is 0 Å². The Kier molecular flexibility index (Phi) is 16.1. The van der Waals surface area contributed by atoms with E-state index in [0.29, 0.717) is 13.2 Å². The highest BCUT2D eigenvalue weighted by Crippen LogP contribution is 2.46. The molecule has 2 fully saturated rings. The van der Waals surface area contributed by atoms with Crippen LogP contribution >= 0.6 is 0 Å². The van der Waals surface area contributed by atoms with Crippen molar-refractivity contribution in [1.82, 2.24) is 0 Å². The van der Waals surface area contributed by atoms with Crippen molar-refractivity contribution in [3.8, 4) is 22.6 Å². The Morgan fingerprint density at radius 2 is 0.726 bits per heavy atom. The maximum Gasteiger partial charge on any atom is 0.128 e. The maximum atomic E-state index is 6.83. The Bertz CT molecular complexity index is 2090. The molecule has 0 N–H and O–H groups in total. The topological polar surface area (TPSA) is 18.5 Å². The number of benzene rings is 6. The second-order valence-electron chi connectivity index (χ2n) is 19.4. The molecule has 62 heavy (non-hydrogen) atoms. The van der Waals surface area contributed by atoms with Crippen LogP contribution in [-0.4, -0.2) is 0 Å². The van der Waals surface area contributed by atoms with Crippen LogP contribution in [0.3, 0.4) is 0 Å². The number of hydrogen-bond acceptors (Lipinski definition) is 2. The summed E-state index contributed by atoms with van der Waals surface area (Å²) < 4.78 is 13.7. The Hall–Kier alpha value is -4.56. The molecule has 0 saturated heterocycles.